The molecule has 10 heteroatoms. The third-order valence-electron chi connectivity index (χ3n) is 6.01. The van der Waals surface area contributed by atoms with E-state index in [9.17, 15) is 8.42 Å². The van der Waals surface area contributed by atoms with Crippen LogP contribution in [0.15, 0.2) is 65.8 Å². The molecular formula is C27H34N6O3S. The first-order valence-corrected chi connectivity index (χ1v) is 13.8. The van der Waals surface area contributed by atoms with E-state index in [0.29, 0.717) is 35.3 Å². The van der Waals surface area contributed by atoms with Gasteiger partial charge in [0.25, 0.3) is 10.0 Å². The number of benzene rings is 2. The van der Waals surface area contributed by atoms with Crippen LogP contribution in [0.25, 0.3) is 0 Å². The number of sulfonamides is 1. The summed E-state index contributed by atoms with van der Waals surface area (Å²) in [6.07, 6.45) is 4.27. The number of aryl methyl sites for hydroxylation is 2. The largest absolute Gasteiger partial charge is 0.492 e. The molecule has 0 radical (unpaired) electrons. The zero-order valence-corrected chi connectivity index (χ0v) is 22.4. The van der Waals surface area contributed by atoms with Crippen LogP contribution in [-0.4, -0.2) is 49.5 Å². The lowest BCUT2D eigenvalue weighted by Crippen LogP contribution is -2.25. The van der Waals surface area contributed by atoms with Crippen LogP contribution < -0.4 is 20.1 Å². The maximum Gasteiger partial charge on any atom is 0.261 e. The predicted octanol–water partition coefficient (Wildman–Crippen LogP) is 4.87. The Kier molecular flexibility index (Phi) is 8.30. The summed E-state index contributed by atoms with van der Waals surface area (Å²) < 4.78 is 33.7. The van der Waals surface area contributed by atoms with E-state index in [0.717, 1.165) is 36.6 Å². The molecule has 37 heavy (non-hydrogen) atoms. The van der Waals surface area contributed by atoms with Gasteiger partial charge in [-0.25, -0.2) is 13.4 Å². The van der Waals surface area contributed by atoms with Crippen LogP contribution in [0, 0.1) is 13.8 Å². The highest BCUT2D eigenvalue weighted by Gasteiger charge is 2.18. The molecule has 2 aromatic carbocycles. The monoisotopic (exact) mass is 522 g/mol. The number of nitrogens with one attached hydrogen (secondary N) is 3. The summed E-state index contributed by atoms with van der Waals surface area (Å²) in [7, 11) is -3.73. The van der Waals surface area contributed by atoms with Gasteiger partial charge in [-0.3, -0.25) is 9.62 Å². The van der Waals surface area contributed by atoms with Crippen molar-refractivity contribution >= 4 is 33.2 Å². The minimum absolute atomic E-state index is 0.174. The first-order chi connectivity index (χ1) is 17.7. The maximum absolute atomic E-state index is 12.7. The van der Waals surface area contributed by atoms with Crippen LogP contribution in [0.1, 0.15) is 30.9 Å². The third kappa shape index (κ3) is 7.21. The Bertz CT molecular complexity index is 1350. The highest BCUT2D eigenvalue weighted by molar-refractivity contribution is 7.89. The van der Waals surface area contributed by atoms with Crippen LogP contribution in [-0.2, 0) is 10.0 Å². The molecule has 4 rings (SSSR count). The van der Waals surface area contributed by atoms with Crippen molar-refractivity contribution in [2.24, 2.45) is 0 Å². The average Bonchev–Trinajstić information content (AvgIpc) is 3.36. The van der Waals surface area contributed by atoms with E-state index >= 15 is 0 Å². The van der Waals surface area contributed by atoms with Crippen LogP contribution in [0.3, 0.4) is 0 Å². The van der Waals surface area contributed by atoms with Crippen LogP contribution in [0.2, 0.25) is 0 Å². The van der Waals surface area contributed by atoms with Crippen molar-refractivity contribution in [1.82, 2.24) is 19.6 Å². The highest BCUT2D eigenvalue weighted by atomic mass is 32.2. The molecular weight excluding hydrogens is 488 g/mol. The Hall–Kier alpha value is -3.63. The molecule has 0 spiro atoms. The van der Waals surface area contributed by atoms with Crippen molar-refractivity contribution in [3.63, 3.8) is 0 Å². The van der Waals surface area contributed by atoms with Gasteiger partial charge in [0, 0.05) is 35.4 Å². The van der Waals surface area contributed by atoms with Crippen molar-refractivity contribution in [3.05, 3.63) is 72.1 Å². The summed E-state index contributed by atoms with van der Waals surface area (Å²) in [6.45, 7) is 12.8. The number of allylic oxidation sites excluding steroid dienone is 1. The molecule has 1 aliphatic rings. The lowest BCUT2D eigenvalue weighted by molar-refractivity contribution is 0.238. The molecule has 1 saturated heterocycles. The van der Waals surface area contributed by atoms with Crippen molar-refractivity contribution in [1.29, 1.82) is 0 Å². The van der Waals surface area contributed by atoms with Gasteiger partial charge in [-0.2, -0.15) is 4.98 Å². The smallest absolute Gasteiger partial charge is 0.261 e. The normalized spacial score (nSPS) is 13.8. The number of ether oxygens (including phenoxy) is 1. The van der Waals surface area contributed by atoms with Gasteiger partial charge in [0.05, 0.1) is 4.90 Å². The van der Waals surface area contributed by atoms with Crippen LogP contribution in [0.5, 0.6) is 5.75 Å². The first kappa shape index (κ1) is 26.4. The minimum atomic E-state index is -3.73. The van der Waals surface area contributed by atoms with E-state index in [1.165, 1.54) is 12.8 Å². The molecule has 3 aromatic rings. The molecule has 3 N–H and O–H groups in total. The maximum atomic E-state index is 12.7. The minimum Gasteiger partial charge on any atom is -0.492 e. The summed E-state index contributed by atoms with van der Waals surface area (Å²) in [5.41, 5.74) is 3.22. The quantitative estimate of drug-likeness (QED) is 0.327. The fraction of sp³-hybridized carbons (Fsp3) is 0.333. The summed E-state index contributed by atoms with van der Waals surface area (Å²) in [4.78, 5) is 11.6. The number of likely N-dealkylation sites (tertiary alicyclic amines) is 1. The molecule has 0 bridgehead atoms. The molecule has 9 nitrogen and oxygen atoms in total. The van der Waals surface area contributed by atoms with E-state index in [1.807, 2.05) is 37.3 Å². The molecule has 1 aliphatic heterocycles. The Morgan fingerprint density at radius 2 is 1.73 bits per heavy atom. The van der Waals surface area contributed by atoms with Gasteiger partial charge in [-0.15, -0.1) is 0 Å². The summed E-state index contributed by atoms with van der Waals surface area (Å²) in [6, 6.07) is 12.8. The second-order valence-corrected chi connectivity index (χ2v) is 10.9. The van der Waals surface area contributed by atoms with Gasteiger partial charge >= 0.3 is 0 Å². The third-order valence-corrected chi connectivity index (χ3v) is 7.64. The van der Waals surface area contributed by atoms with Crippen molar-refractivity contribution in [2.75, 3.05) is 36.9 Å². The number of nitrogens with zero attached hydrogens (tertiary/aromatic N) is 3. The van der Waals surface area contributed by atoms with Crippen LogP contribution in [0.4, 0.5) is 23.1 Å². The number of hydrogen-bond acceptors (Lipinski definition) is 8. The van der Waals surface area contributed by atoms with Gasteiger partial charge in [0.15, 0.2) is 0 Å². The number of aromatic nitrogens is 2. The molecule has 0 saturated carbocycles. The topological polar surface area (TPSA) is 108 Å². The highest BCUT2D eigenvalue weighted by Crippen LogP contribution is 2.26. The van der Waals surface area contributed by atoms with Crippen molar-refractivity contribution in [3.8, 4) is 5.75 Å². The Morgan fingerprint density at radius 3 is 2.43 bits per heavy atom. The molecule has 2 heterocycles. The molecule has 1 fully saturated rings. The van der Waals surface area contributed by atoms with Gasteiger partial charge in [-0.05, 0) is 88.7 Å². The zero-order valence-electron chi connectivity index (χ0n) is 21.5. The molecule has 0 aliphatic carbocycles. The van der Waals surface area contributed by atoms with E-state index in [1.54, 1.807) is 32.2 Å². The van der Waals surface area contributed by atoms with E-state index in [2.05, 4.69) is 36.8 Å². The van der Waals surface area contributed by atoms with Crippen molar-refractivity contribution in [2.45, 2.75) is 38.5 Å². The second kappa shape index (κ2) is 11.6. The van der Waals surface area contributed by atoms with Gasteiger partial charge in [0.1, 0.15) is 18.2 Å². The van der Waals surface area contributed by atoms with Crippen LogP contribution >= 0.6 is 0 Å². The zero-order chi connectivity index (χ0) is 26.4. The second-order valence-electron chi connectivity index (χ2n) is 9.26. The summed E-state index contributed by atoms with van der Waals surface area (Å²) in [5, 5.41) is 6.43. The van der Waals surface area contributed by atoms with Crippen molar-refractivity contribution < 1.29 is 13.2 Å². The van der Waals surface area contributed by atoms with Gasteiger partial charge in [-0.1, -0.05) is 12.6 Å². The Balaban J connectivity index is 1.42. The SMILES string of the molecule is C=C(C)NS(=O)(=O)c1cc(Nc2nc(Nc3ccc(OCCN4CCCC4)cc3)ncc2C)ccc1C. The predicted molar refractivity (Wildman–Crippen MR) is 147 cm³/mol. The molecule has 0 amide bonds. The summed E-state index contributed by atoms with van der Waals surface area (Å²) >= 11 is 0. The molecule has 1 aromatic heterocycles. The first-order valence-electron chi connectivity index (χ1n) is 12.3. The van der Waals surface area contributed by atoms with E-state index in [4.69, 9.17) is 4.74 Å². The molecule has 196 valence electrons. The fourth-order valence-electron chi connectivity index (χ4n) is 4.08. The van der Waals surface area contributed by atoms with Gasteiger partial charge in [0.2, 0.25) is 5.95 Å². The molecule has 0 unspecified atom stereocenters. The molecule has 0 atom stereocenters. The number of anilines is 4. The average molecular weight is 523 g/mol. The number of rotatable bonds is 11. The van der Waals surface area contributed by atoms with Gasteiger partial charge < -0.3 is 15.4 Å². The lowest BCUT2D eigenvalue weighted by Gasteiger charge is -2.15. The fourth-order valence-corrected chi connectivity index (χ4v) is 5.42. The van der Waals surface area contributed by atoms with E-state index < -0.39 is 10.0 Å². The lowest BCUT2D eigenvalue weighted by atomic mass is 10.2. The van der Waals surface area contributed by atoms with E-state index in [-0.39, 0.29) is 4.90 Å². The Labute approximate surface area is 219 Å². The standard InChI is InChI=1S/C27H34N6O3S/c1-19(2)32-37(34,35)25-17-23(8-7-20(25)3)29-26-21(4)18-28-27(31-26)30-22-9-11-24(12-10-22)36-16-15-33-13-5-6-14-33/h7-12,17-18,32H,1,5-6,13-16H2,2-4H3,(H2,28,29,30,31). The number of hydrogen-bond donors (Lipinski definition) is 3. The summed E-state index contributed by atoms with van der Waals surface area (Å²) in [5.74, 6) is 1.81. The Morgan fingerprint density at radius 1 is 1.03 bits per heavy atom.